The molecular formula is C8H16ClNO. The summed E-state index contributed by atoms with van der Waals surface area (Å²) in [5.41, 5.74) is 0. The van der Waals surface area contributed by atoms with E-state index in [4.69, 9.17) is 0 Å². The maximum absolute atomic E-state index is 10.4. The minimum Gasteiger partial charge on any atom is -0.303 e. The van der Waals surface area contributed by atoms with Gasteiger partial charge in [0.2, 0.25) is 0 Å². The lowest BCUT2D eigenvalue weighted by atomic mass is 10.00. The van der Waals surface area contributed by atoms with Crippen LogP contribution in [0.1, 0.15) is 19.8 Å². The molecule has 0 amide bonds. The van der Waals surface area contributed by atoms with E-state index in [0.29, 0.717) is 5.92 Å². The zero-order valence-electron chi connectivity index (χ0n) is 6.95. The molecule has 0 saturated carbocycles. The highest BCUT2D eigenvalue weighted by molar-refractivity contribution is 5.85. The van der Waals surface area contributed by atoms with Crippen LogP contribution in [0.4, 0.5) is 0 Å². The molecule has 1 fully saturated rings. The number of rotatable bonds is 2. The third-order valence-corrected chi connectivity index (χ3v) is 2.18. The van der Waals surface area contributed by atoms with Gasteiger partial charge in [-0.25, -0.2) is 0 Å². The summed E-state index contributed by atoms with van der Waals surface area (Å²) < 4.78 is 0. The summed E-state index contributed by atoms with van der Waals surface area (Å²) in [6, 6.07) is 0. The van der Waals surface area contributed by atoms with Crippen molar-refractivity contribution in [2.24, 2.45) is 5.92 Å². The summed E-state index contributed by atoms with van der Waals surface area (Å²) in [4.78, 5) is 12.7. The Morgan fingerprint density at radius 1 is 1.64 bits per heavy atom. The Balaban J connectivity index is 0.000001000. The van der Waals surface area contributed by atoms with Crippen molar-refractivity contribution in [1.82, 2.24) is 4.90 Å². The number of hydrogen-bond acceptors (Lipinski definition) is 2. The van der Waals surface area contributed by atoms with Crippen molar-refractivity contribution >= 4 is 18.7 Å². The van der Waals surface area contributed by atoms with Gasteiger partial charge in [0.1, 0.15) is 6.29 Å². The van der Waals surface area contributed by atoms with Gasteiger partial charge in [-0.15, -0.1) is 12.4 Å². The van der Waals surface area contributed by atoms with Crippen LogP contribution in [0.15, 0.2) is 0 Å². The van der Waals surface area contributed by atoms with Crippen molar-refractivity contribution in [2.75, 3.05) is 19.6 Å². The Morgan fingerprint density at radius 3 is 2.91 bits per heavy atom. The van der Waals surface area contributed by atoms with Crippen LogP contribution in [0, 0.1) is 5.92 Å². The topological polar surface area (TPSA) is 20.3 Å². The molecule has 66 valence electrons. The number of likely N-dealkylation sites (tertiary alicyclic amines) is 1. The molecule has 0 N–H and O–H groups in total. The number of piperidine rings is 1. The maximum atomic E-state index is 10.4. The first-order chi connectivity index (χ1) is 4.86. The van der Waals surface area contributed by atoms with Gasteiger partial charge in [-0.3, -0.25) is 0 Å². The average molecular weight is 178 g/mol. The first-order valence-corrected chi connectivity index (χ1v) is 4.04. The Hall–Kier alpha value is -0.0800. The second-order valence-electron chi connectivity index (χ2n) is 2.93. The largest absolute Gasteiger partial charge is 0.303 e. The summed E-state index contributed by atoms with van der Waals surface area (Å²) >= 11 is 0. The van der Waals surface area contributed by atoms with Gasteiger partial charge in [-0.05, 0) is 25.9 Å². The molecule has 1 saturated heterocycles. The van der Waals surface area contributed by atoms with Crippen LogP contribution in [-0.4, -0.2) is 30.8 Å². The Morgan fingerprint density at radius 2 is 2.36 bits per heavy atom. The van der Waals surface area contributed by atoms with Crippen molar-refractivity contribution in [1.29, 1.82) is 0 Å². The summed E-state index contributed by atoms with van der Waals surface area (Å²) in [7, 11) is 0. The lowest BCUT2D eigenvalue weighted by Crippen LogP contribution is -2.35. The van der Waals surface area contributed by atoms with E-state index < -0.39 is 0 Å². The molecule has 1 aliphatic rings. The summed E-state index contributed by atoms with van der Waals surface area (Å²) in [6.45, 7) is 5.40. The van der Waals surface area contributed by atoms with Gasteiger partial charge in [0.05, 0.1) is 0 Å². The zero-order chi connectivity index (χ0) is 7.40. The third kappa shape index (κ3) is 3.21. The van der Waals surface area contributed by atoms with Gasteiger partial charge < -0.3 is 9.69 Å². The SMILES string of the molecule is CCN1CCCC(C=O)C1.Cl. The Bertz CT molecular complexity index is 119. The molecule has 0 aromatic rings. The number of hydrogen-bond donors (Lipinski definition) is 0. The van der Waals surface area contributed by atoms with E-state index in [1.165, 1.54) is 13.0 Å². The lowest BCUT2D eigenvalue weighted by molar-refractivity contribution is -0.112. The normalized spacial score (nSPS) is 25.7. The van der Waals surface area contributed by atoms with Crippen LogP contribution in [0.5, 0.6) is 0 Å². The third-order valence-electron chi connectivity index (χ3n) is 2.18. The predicted molar refractivity (Wildman–Crippen MR) is 48.2 cm³/mol. The molecule has 1 aliphatic heterocycles. The van der Waals surface area contributed by atoms with E-state index in [1.54, 1.807) is 0 Å². The van der Waals surface area contributed by atoms with Gasteiger partial charge in [0.25, 0.3) is 0 Å². The lowest BCUT2D eigenvalue weighted by Gasteiger charge is -2.28. The maximum Gasteiger partial charge on any atom is 0.124 e. The summed E-state index contributed by atoms with van der Waals surface area (Å²) in [5, 5.41) is 0. The highest BCUT2D eigenvalue weighted by Crippen LogP contribution is 2.13. The van der Waals surface area contributed by atoms with Gasteiger partial charge in [0.15, 0.2) is 0 Å². The first-order valence-electron chi connectivity index (χ1n) is 4.04. The summed E-state index contributed by atoms with van der Waals surface area (Å²) in [5.74, 6) is 0.314. The molecule has 0 aromatic carbocycles. The number of carbonyl (C=O) groups is 1. The van der Waals surface area contributed by atoms with E-state index in [-0.39, 0.29) is 12.4 Å². The quantitative estimate of drug-likeness (QED) is 0.594. The predicted octanol–water partition coefficient (Wildman–Crippen LogP) is 1.34. The fourth-order valence-corrected chi connectivity index (χ4v) is 1.49. The second-order valence-corrected chi connectivity index (χ2v) is 2.93. The van der Waals surface area contributed by atoms with E-state index in [1.807, 2.05) is 0 Å². The Kier molecular flexibility index (Phi) is 5.51. The Labute approximate surface area is 74.4 Å². The standard InChI is InChI=1S/C8H15NO.ClH/c1-2-9-5-3-4-8(6-9)7-10;/h7-8H,2-6H2,1H3;1H. The van der Waals surface area contributed by atoms with Crippen molar-refractivity contribution < 1.29 is 4.79 Å². The van der Waals surface area contributed by atoms with E-state index in [9.17, 15) is 4.79 Å². The minimum absolute atomic E-state index is 0. The highest BCUT2D eigenvalue weighted by atomic mass is 35.5. The van der Waals surface area contributed by atoms with Gasteiger partial charge in [-0.1, -0.05) is 6.92 Å². The molecule has 11 heavy (non-hydrogen) atoms. The van der Waals surface area contributed by atoms with Crippen molar-refractivity contribution in [3.05, 3.63) is 0 Å². The second kappa shape index (κ2) is 5.56. The fraction of sp³-hybridized carbons (Fsp3) is 0.875. The van der Waals surface area contributed by atoms with Crippen LogP contribution in [0.2, 0.25) is 0 Å². The molecule has 2 nitrogen and oxygen atoms in total. The van der Waals surface area contributed by atoms with Crippen molar-refractivity contribution in [3.63, 3.8) is 0 Å². The molecule has 1 heterocycles. The van der Waals surface area contributed by atoms with E-state index >= 15 is 0 Å². The van der Waals surface area contributed by atoms with Crippen LogP contribution in [-0.2, 0) is 4.79 Å². The molecule has 3 heteroatoms. The smallest absolute Gasteiger partial charge is 0.124 e. The van der Waals surface area contributed by atoms with Crippen LogP contribution < -0.4 is 0 Å². The number of nitrogens with zero attached hydrogens (tertiary/aromatic N) is 1. The molecule has 0 aromatic heterocycles. The highest BCUT2D eigenvalue weighted by Gasteiger charge is 2.16. The molecule has 0 radical (unpaired) electrons. The van der Waals surface area contributed by atoms with Crippen molar-refractivity contribution in [2.45, 2.75) is 19.8 Å². The van der Waals surface area contributed by atoms with Crippen LogP contribution in [0.3, 0.4) is 0 Å². The molecule has 1 unspecified atom stereocenters. The molecular weight excluding hydrogens is 162 g/mol. The molecule has 0 spiro atoms. The molecule has 0 aliphatic carbocycles. The van der Waals surface area contributed by atoms with Gasteiger partial charge in [-0.2, -0.15) is 0 Å². The van der Waals surface area contributed by atoms with Crippen LogP contribution in [0.25, 0.3) is 0 Å². The zero-order valence-corrected chi connectivity index (χ0v) is 7.77. The van der Waals surface area contributed by atoms with Gasteiger partial charge >= 0.3 is 0 Å². The average Bonchev–Trinajstić information content (AvgIpc) is 2.05. The summed E-state index contributed by atoms with van der Waals surface area (Å²) in [6.07, 6.45) is 3.39. The number of aldehydes is 1. The number of carbonyl (C=O) groups excluding carboxylic acids is 1. The molecule has 1 rings (SSSR count). The van der Waals surface area contributed by atoms with E-state index in [2.05, 4.69) is 11.8 Å². The van der Waals surface area contributed by atoms with Crippen LogP contribution >= 0.6 is 12.4 Å². The first kappa shape index (κ1) is 10.9. The van der Waals surface area contributed by atoms with E-state index in [0.717, 1.165) is 25.8 Å². The minimum atomic E-state index is 0. The fourth-order valence-electron chi connectivity index (χ4n) is 1.49. The van der Waals surface area contributed by atoms with Gasteiger partial charge in [0, 0.05) is 12.5 Å². The number of halogens is 1. The monoisotopic (exact) mass is 177 g/mol. The molecule has 1 atom stereocenters. The molecule has 0 bridgehead atoms. The van der Waals surface area contributed by atoms with Crippen molar-refractivity contribution in [3.8, 4) is 0 Å².